The van der Waals surface area contributed by atoms with E-state index in [9.17, 15) is 9.59 Å². The van der Waals surface area contributed by atoms with Crippen LogP contribution in [-0.4, -0.2) is 24.2 Å². The van der Waals surface area contributed by atoms with Gasteiger partial charge in [-0.25, -0.2) is 4.79 Å². The van der Waals surface area contributed by atoms with E-state index in [1.165, 1.54) is 14.2 Å². The Morgan fingerprint density at radius 2 is 1.80 bits per heavy atom. The monoisotopic (exact) mass is 273 g/mol. The predicted molar refractivity (Wildman–Crippen MR) is 70.9 cm³/mol. The van der Waals surface area contributed by atoms with Crippen LogP contribution in [-0.2, 0) is 0 Å². The lowest BCUT2D eigenvalue weighted by Gasteiger charge is -2.10. The molecule has 102 valence electrons. The smallest absolute Gasteiger partial charge is 0.326 e. The van der Waals surface area contributed by atoms with Gasteiger partial charge in [0.15, 0.2) is 11.5 Å². The van der Waals surface area contributed by atoms with Crippen molar-refractivity contribution in [2.75, 3.05) is 14.2 Å². The fourth-order valence-corrected chi connectivity index (χ4v) is 1.80. The third-order valence-electron chi connectivity index (χ3n) is 2.73. The van der Waals surface area contributed by atoms with Crippen molar-refractivity contribution in [3.63, 3.8) is 0 Å². The molecule has 0 aliphatic rings. The summed E-state index contributed by atoms with van der Waals surface area (Å²) in [4.78, 5) is 27.4. The van der Waals surface area contributed by atoms with Crippen molar-refractivity contribution in [1.82, 2.24) is 9.97 Å². The molecular formula is C13H11N3O4. The number of aromatic nitrogens is 2. The fourth-order valence-electron chi connectivity index (χ4n) is 1.80. The van der Waals surface area contributed by atoms with E-state index in [-0.39, 0.29) is 11.3 Å². The zero-order valence-corrected chi connectivity index (χ0v) is 10.8. The van der Waals surface area contributed by atoms with Gasteiger partial charge in [0.2, 0.25) is 0 Å². The lowest BCUT2D eigenvalue weighted by atomic mass is 10.1. The number of hydrogen-bond acceptors (Lipinski definition) is 5. The van der Waals surface area contributed by atoms with Crippen molar-refractivity contribution >= 4 is 0 Å². The van der Waals surface area contributed by atoms with Crippen LogP contribution in [0.3, 0.4) is 0 Å². The molecule has 1 aromatic heterocycles. The highest BCUT2D eigenvalue weighted by molar-refractivity contribution is 5.68. The van der Waals surface area contributed by atoms with E-state index < -0.39 is 11.2 Å². The number of nitrogens with zero attached hydrogens (tertiary/aromatic N) is 1. The maximum atomic E-state index is 11.6. The largest absolute Gasteiger partial charge is 0.493 e. The van der Waals surface area contributed by atoms with Gasteiger partial charge in [-0.2, -0.15) is 5.26 Å². The average Bonchev–Trinajstić information content (AvgIpc) is 2.45. The molecule has 2 N–H and O–H groups in total. The number of methoxy groups -OCH3 is 2. The minimum atomic E-state index is -0.735. The van der Waals surface area contributed by atoms with Crippen LogP contribution in [0.1, 0.15) is 5.56 Å². The van der Waals surface area contributed by atoms with Gasteiger partial charge in [-0.3, -0.25) is 9.78 Å². The van der Waals surface area contributed by atoms with Crippen LogP contribution in [0.15, 0.2) is 27.8 Å². The van der Waals surface area contributed by atoms with Crippen LogP contribution in [0, 0.1) is 11.3 Å². The summed E-state index contributed by atoms with van der Waals surface area (Å²) in [5, 5.41) is 9.03. The molecule has 7 heteroatoms. The second kappa shape index (κ2) is 5.32. The SMILES string of the molecule is COc1ccc(-c2[nH]c(=O)[nH]c(=O)c2C#N)cc1OC. The highest BCUT2D eigenvalue weighted by Crippen LogP contribution is 2.31. The van der Waals surface area contributed by atoms with Crippen LogP contribution in [0.2, 0.25) is 0 Å². The molecule has 2 aromatic rings. The summed E-state index contributed by atoms with van der Waals surface area (Å²) in [5.41, 5.74) is -0.971. The Balaban J connectivity index is 2.72. The molecule has 0 saturated heterocycles. The number of rotatable bonds is 3. The van der Waals surface area contributed by atoms with E-state index in [2.05, 4.69) is 4.98 Å². The Bertz CT molecular complexity index is 798. The molecule has 0 radical (unpaired) electrons. The van der Waals surface area contributed by atoms with Crippen molar-refractivity contribution in [3.8, 4) is 28.8 Å². The number of ether oxygens (including phenoxy) is 2. The number of benzene rings is 1. The molecule has 2 rings (SSSR count). The van der Waals surface area contributed by atoms with Crippen LogP contribution in [0.5, 0.6) is 11.5 Å². The molecule has 0 atom stereocenters. The summed E-state index contributed by atoms with van der Waals surface area (Å²) in [6.07, 6.45) is 0. The topological polar surface area (TPSA) is 108 Å². The molecule has 0 amide bonds. The van der Waals surface area contributed by atoms with Crippen LogP contribution in [0.25, 0.3) is 11.3 Å². The molecule has 0 spiro atoms. The first-order valence-electron chi connectivity index (χ1n) is 5.59. The Morgan fingerprint density at radius 3 is 2.40 bits per heavy atom. The lowest BCUT2D eigenvalue weighted by molar-refractivity contribution is 0.355. The number of aromatic amines is 2. The zero-order chi connectivity index (χ0) is 14.7. The van der Waals surface area contributed by atoms with Gasteiger partial charge in [-0.15, -0.1) is 0 Å². The van der Waals surface area contributed by atoms with Crippen LogP contribution >= 0.6 is 0 Å². The Hall–Kier alpha value is -3.01. The number of hydrogen-bond donors (Lipinski definition) is 2. The molecule has 0 saturated carbocycles. The summed E-state index contributed by atoms with van der Waals surface area (Å²) >= 11 is 0. The lowest BCUT2D eigenvalue weighted by Crippen LogP contribution is -2.25. The van der Waals surface area contributed by atoms with Gasteiger partial charge in [0.25, 0.3) is 5.56 Å². The minimum Gasteiger partial charge on any atom is -0.493 e. The third kappa shape index (κ3) is 2.27. The van der Waals surface area contributed by atoms with Gasteiger partial charge in [-0.05, 0) is 18.2 Å². The van der Waals surface area contributed by atoms with Gasteiger partial charge >= 0.3 is 5.69 Å². The summed E-state index contributed by atoms with van der Waals surface area (Å²) in [6.45, 7) is 0. The molecule has 0 aliphatic heterocycles. The van der Waals surface area contributed by atoms with Crippen molar-refractivity contribution in [2.24, 2.45) is 0 Å². The van der Waals surface area contributed by atoms with E-state index in [0.29, 0.717) is 17.1 Å². The molecule has 0 bridgehead atoms. The normalized spacial score (nSPS) is 9.85. The molecule has 20 heavy (non-hydrogen) atoms. The minimum absolute atomic E-state index is 0.141. The number of nitrogens with one attached hydrogen (secondary N) is 2. The first kappa shape index (κ1) is 13.4. The van der Waals surface area contributed by atoms with Crippen molar-refractivity contribution in [3.05, 3.63) is 44.6 Å². The van der Waals surface area contributed by atoms with E-state index in [4.69, 9.17) is 14.7 Å². The van der Waals surface area contributed by atoms with Crippen LogP contribution in [0.4, 0.5) is 0 Å². The Kier molecular flexibility index (Phi) is 3.57. The highest BCUT2D eigenvalue weighted by atomic mass is 16.5. The van der Waals surface area contributed by atoms with E-state index in [1.54, 1.807) is 24.3 Å². The molecule has 7 nitrogen and oxygen atoms in total. The van der Waals surface area contributed by atoms with Gasteiger partial charge < -0.3 is 14.5 Å². The molecule has 0 fully saturated rings. The summed E-state index contributed by atoms with van der Waals surface area (Å²) in [5.74, 6) is 0.928. The van der Waals surface area contributed by atoms with Crippen molar-refractivity contribution in [1.29, 1.82) is 5.26 Å². The van der Waals surface area contributed by atoms with Gasteiger partial charge in [0.05, 0.1) is 19.9 Å². The van der Waals surface area contributed by atoms with Crippen molar-refractivity contribution in [2.45, 2.75) is 0 Å². The summed E-state index contributed by atoms with van der Waals surface area (Å²) < 4.78 is 10.2. The first-order chi connectivity index (χ1) is 9.60. The maximum absolute atomic E-state index is 11.6. The van der Waals surface area contributed by atoms with Gasteiger partial charge in [0.1, 0.15) is 11.6 Å². The number of nitriles is 1. The predicted octanol–water partition coefficient (Wildman–Crippen LogP) is 0.619. The Labute approximate surface area is 113 Å². The zero-order valence-electron chi connectivity index (χ0n) is 10.8. The maximum Gasteiger partial charge on any atom is 0.326 e. The van der Waals surface area contributed by atoms with E-state index >= 15 is 0 Å². The quantitative estimate of drug-likeness (QED) is 0.852. The van der Waals surface area contributed by atoms with E-state index in [1.807, 2.05) is 4.98 Å². The second-order valence-electron chi connectivity index (χ2n) is 3.84. The van der Waals surface area contributed by atoms with Crippen molar-refractivity contribution < 1.29 is 9.47 Å². The van der Waals surface area contributed by atoms with Gasteiger partial charge in [0, 0.05) is 5.56 Å². The average molecular weight is 273 g/mol. The van der Waals surface area contributed by atoms with Gasteiger partial charge in [-0.1, -0.05) is 0 Å². The van der Waals surface area contributed by atoms with Crippen LogP contribution < -0.4 is 20.7 Å². The first-order valence-corrected chi connectivity index (χ1v) is 5.59. The highest BCUT2D eigenvalue weighted by Gasteiger charge is 2.13. The molecule has 0 unspecified atom stereocenters. The standard InChI is InChI=1S/C13H11N3O4/c1-19-9-4-3-7(5-10(9)20-2)11-8(6-14)12(17)16-13(18)15-11/h3-5H,1-2H3,(H2,15,16,17,18). The van der Waals surface area contributed by atoms with E-state index in [0.717, 1.165) is 0 Å². The summed E-state index contributed by atoms with van der Waals surface area (Å²) in [7, 11) is 2.96. The summed E-state index contributed by atoms with van der Waals surface area (Å²) in [6, 6.07) is 6.58. The third-order valence-corrected chi connectivity index (χ3v) is 2.73. The second-order valence-corrected chi connectivity index (χ2v) is 3.84. The molecule has 0 aliphatic carbocycles. The fraction of sp³-hybridized carbons (Fsp3) is 0.154. The molecule has 1 aromatic carbocycles. The molecule has 1 heterocycles. The Morgan fingerprint density at radius 1 is 1.10 bits per heavy atom. The molecular weight excluding hydrogens is 262 g/mol. The number of H-pyrrole nitrogens is 2.